The van der Waals surface area contributed by atoms with Gasteiger partial charge in [0.05, 0.1) is 25.2 Å². The summed E-state index contributed by atoms with van der Waals surface area (Å²) < 4.78 is 5.08. The molecule has 15 heavy (non-hydrogen) atoms. The monoisotopic (exact) mass is 203 g/mol. The van der Waals surface area contributed by atoms with Crippen LogP contribution in [0.2, 0.25) is 0 Å². The van der Waals surface area contributed by atoms with Crippen molar-refractivity contribution in [1.82, 2.24) is 0 Å². The molecule has 0 saturated heterocycles. The van der Waals surface area contributed by atoms with E-state index in [4.69, 9.17) is 10.00 Å². The number of nitrogens with zero attached hydrogens (tertiary/aromatic N) is 1. The van der Waals surface area contributed by atoms with Gasteiger partial charge in [-0.3, -0.25) is 0 Å². The van der Waals surface area contributed by atoms with Crippen molar-refractivity contribution in [3.8, 4) is 11.8 Å². The zero-order chi connectivity index (χ0) is 10.9. The van der Waals surface area contributed by atoms with Crippen LogP contribution >= 0.6 is 0 Å². The molecule has 0 aromatic heterocycles. The van der Waals surface area contributed by atoms with E-state index in [1.165, 1.54) is 0 Å². The molecule has 1 aliphatic rings. The van der Waals surface area contributed by atoms with Crippen molar-refractivity contribution in [3.63, 3.8) is 0 Å². The summed E-state index contributed by atoms with van der Waals surface area (Å²) in [6, 6.07) is 7.86. The molecule has 0 unspecified atom stereocenters. The average molecular weight is 203 g/mol. The summed E-state index contributed by atoms with van der Waals surface area (Å²) in [4.78, 5) is 0. The largest absolute Gasteiger partial charge is 0.497 e. The molecule has 0 bridgehead atoms. The Morgan fingerprint density at radius 2 is 2.27 bits per heavy atom. The van der Waals surface area contributed by atoms with Crippen LogP contribution in [-0.2, 0) is 12.0 Å². The quantitative estimate of drug-likeness (QED) is 0.814. The predicted molar refractivity (Wildman–Crippen MR) is 55.4 cm³/mol. The molecule has 1 aliphatic carbocycles. The van der Waals surface area contributed by atoms with Gasteiger partial charge in [-0.15, -0.1) is 0 Å². The average Bonchev–Trinajstić information content (AvgIpc) is 3.09. The molecule has 2 rings (SSSR count). The Labute approximate surface area is 88.9 Å². The van der Waals surface area contributed by atoms with Crippen molar-refractivity contribution >= 4 is 0 Å². The zero-order valence-corrected chi connectivity index (χ0v) is 8.66. The minimum Gasteiger partial charge on any atom is -0.497 e. The molecule has 0 amide bonds. The highest BCUT2D eigenvalue weighted by atomic mass is 16.5. The topological polar surface area (TPSA) is 53.2 Å². The molecule has 78 valence electrons. The lowest BCUT2D eigenvalue weighted by atomic mass is 9.93. The molecule has 3 nitrogen and oxygen atoms in total. The SMILES string of the molecule is COc1ccc(C2(C#N)CC2)c(CO)c1. The second kappa shape index (κ2) is 3.56. The third-order valence-corrected chi connectivity index (χ3v) is 2.96. The Kier molecular flexibility index (Phi) is 2.37. The smallest absolute Gasteiger partial charge is 0.119 e. The molecular weight excluding hydrogens is 190 g/mol. The molecule has 0 aliphatic heterocycles. The van der Waals surface area contributed by atoms with Gasteiger partial charge < -0.3 is 9.84 Å². The van der Waals surface area contributed by atoms with E-state index < -0.39 is 0 Å². The summed E-state index contributed by atoms with van der Waals surface area (Å²) in [5, 5.41) is 18.4. The number of hydrogen-bond donors (Lipinski definition) is 1. The van der Waals surface area contributed by atoms with Crippen LogP contribution in [0.15, 0.2) is 18.2 Å². The number of benzene rings is 1. The highest BCUT2D eigenvalue weighted by Gasteiger charge is 2.46. The Hall–Kier alpha value is -1.53. The van der Waals surface area contributed by atoms with E-state index in [2.05, 4.69) is 6.07 Å². The summed E-state index contributed by atoms with van der Waals surface area (Å²) in [5.74, 6) is 0.719. The molecule has 1 aromatic rings. The number of nitriles is 1. The van der Waals surface area contributed by atoms with Gasteiger partial charge >= 0.3 is 0 Å². The molecule has 0 radical (unpaired) electrons. The van der Waals surface area contributed by atoms with E-state index in [0.29, 0.717) is 0 Å². The van der Waals surface area contributed by atoms with E-state index >= 15 is 0 Å². The van der Waals surface area contributed by atoms with E-state index in [1.807, 2.05) is 12.1 Å². The summed E-state index contributed by atoms with van der Waals surface area (Å²) in [6.07, 6.45) is 1.78. The van der Waals surface area contributed by atoms with Gasteiger partial charge in [0.15, 0.2) is 0 Å². The lowest BCUT2D eigenvalue weighted by molar-refractivity contribution is 0.279. The third-order valence-electron chi connectivity index (χ3n) is 2.96. The van der Waals surface area contributed by atoms with Crippen LogP contribution < -0.4 is 4.74 Å². The third kappa shape index (κ3) is 1.57. The van der Waals surface area contributed by atoms with Crippen molar-refractivity contribution < 1.29 is 9.84 Å². The number of ether oxygens (including phenoxy) is 1. The number of methoxy groups -OCH3 is 1. The molecule has 1 N–H and O–H groups in total. The normalized spacial score (nSPS) is 16.9. The zero-order valence-electron chi connectivity index (χ0n) is 8.66. The Morgan fingerprint density at radius 1 is 1.53 bits per heavy atom. The lowest BCUT2D eigenvalue weighted by Gasteiger charge is -2.12. The number of aliphatic hydroxyl groups excluding tert-OH is 1. The summed E-state index contributed by atoms with van der Waals surface area (Å²) in [5.41, 5.74) is 1.41. The van der Waals surface area contributed by atoms with Gasteiger partial charge in [0.1, 0.15) is 5.75 Å². The van der Waals surface area contributed by atoms with Gasteiger partial charge in [0, 0.05) is 0 Å². The fraction of sp³-hybridized carbons (Fsp3) is 0.417. The van der Waals surface area contributed by atoms with Crippen LogP contribution in [0.25, 0.3) is 0 Å². The summed E-state index contributed by atoms with van der Waals surface area (Å²) in [7, 11) is 1.59. The lowest BCUT2D eigenvalue weighted by Crippen LogP contribution is -2.07. The van der Waals surface area contributed by atoms with Crippen LogP contribution in [0.3, 0.4) is 0 Å². The highest BCUT2D eigenvalue weighted by molar-refractivity contribution is 5.47. The van der Waals surface area contributed by atoms with Crippen LogP contribution in [0, 0.1) is 11.3 Å². The second-order valence-electron chi connectivity index (χ2n) is 3.88. The van der Waals surface area contributed by atoms with E-state index in [0.717, 1.165) is 29.7 Å². The number of hydrogen-bond acceptors (Lipinski definition) is 3. The van der Waals surface area contributed by atoms with Crippen molar-refractivity contribution in [1.29, 1.82) is 5.26 Å². The number of aliphatic hydroxyl groups is 1. The van der Waals surface area contributed by atoms with Gasteiger partial charge in [-0.1, -0.05) is 6.07 Å². The van der Waals surface area contributed by atoms with Crippen LogP contribution in [0.4, 0.5) is 0 Å². The maximum Gasteiger partial charge on any atom is 0.119 e. The molecule has 1 saturated carbocycles. The van der Waals surface area contributed by atoms with E-state index in [-0.39, 0.29) is 12.0 Å². The minimum absolute atomic E-state index is 0.0457. The van der Waals surface area contributed by atoms with Gasteiger partial charge in [-0.2, -0.15) is 5.26 Å². The highest BCUT2D eigenvalue weighted by Crippen LogP contribution is 2.49. The first-order chi connectivity index (χ1) is 7.25. The minimum atomic E-state index is -0.343. The van der Waals surface area contributed by atoms with Crippen molar-refractivity contribution in [3.05, 3.63) is 29.3 Å². The summed E-state index contributed by atoms with van der Waals surface area (Å²) >= 11 is 0. The van der Waals surface area contributed by atoms with Gasteiger partial charge in [-0.05, 0) is 36.1 Å². The molecule has 0 heterocycles. The first-order valence-corrected chi connectivity index (χ1v) is 4.95. The van der Waals surface area contributed by atoms with E-state index in [1.54, 1.807) is 13.2 Å². The van der Waals surface area contributed by atoms with Crippen LogP contribution in [0.1, 0.15) is 24.0 Å². The molecule has 0 atom stereocenters. The molecular formula is C12H13NO2. The van der Waals surface area contributed by atoms with Crippen LogP contribution in [0.5, 0.6) is 5.75 Å². The van der Waals surface area contributed by atoms with Crippen molar-refractivity contribution in [2.45, 2.75) is 24.9 Å². The van der Waals surface area contributed by atoms with Crippen molar-refractivity contribution in [2.24, 2.45) is 0 Å². The standard InChI is InChI=1S/C12H13NO2/c1-15-10-2-3-11(9(6-10)7-14)12(8-13)4-5-12/h2-3,6,14H,4-5,7H2,1H3. The first-order valence-electron chi connectivity index (χ1n) is 4.95. The second-order valence-corrected chi connectivity index (χ2v) is 3.88. The van der Waals surface area contributed by atoms with Crippen molar-refractivity contribution in [2.75, 3.05) is 7.11 Å². The maximum atomic E-state index is 9.26. The molecule has 0 spiro atoms. The molecule has 1 fully saturated rings. The Morgan fingerprint density at radius 3 is 2.73 bits per heavy atom. The molecule has 1 aromatic carbocycles. The number of rotatable bonds is 3. The Bertz CT molecular complexity index is 416. The molecule has 3 heteroatoms. The first kappa shape index (κ1) is 10.0. The van der Waals surface area contributed by atoms with E-state index in [9.17, 15) is 5.11 Å². The van der Waals surface area contributed by atoms with Gasteiger partial charge in [-0.25, -0.2) is 0 Å². The fourth-order valence-electron chi connectivity index (χ4n) is 1.86. The van der Waals surface area contributed by atoms with Gasteiger partial charge in [0.2, 0.25) is 0 Å². The summed E-state index contributed by atoms with van der Waals surface area (Å²) in [6.45, 7) is -0.0457. The van der Waals surface area contributed by atoms with Gasteiger partial charge in [0.25, 0.3) is 0 Å². The Balaban J connectivity index is 2.45. The van der Waals surface area contributed by atoms with Crippen LogP contribution in [-0.4, -0.2) is 12.2 Å². The fourth-order valence-corrected chi connectivity index (χ4v) is 1.86. The maximum absolute atomic E-state index is 9.26. The predicted octanol–water partition coefficient (Wildman–Crippen LogP) is 1.74.